The van der Waals surface area contributed by atoms with E-state index < -0.39 is 11.7 Å². The summed E-state index contributed by atoms with van der Waals surface area (Å²) in [6.07, 6.45) is 2.58. The van der Waals surface area contributed by atoms with Gasteiger partial charge in [0.25, 0.3) is 5.91 Å². The van der Waals surface area contributed by atoms with Crippen molar-refractivity contribution in [3.8, 4) is 11.8 Å². The van der Waals surface area contributed by atoms with E-state index in [2.05, 4.69) is 17.2 Å². The molecule has 1 aliphatic rings. The Bertz CT molecular complexity index is 866. The number of nitrogens with one attached hydrogen (secondary N) is 1. The fourth-order valence-corrected chi connectivity index (χ4v) is 2.81. The molecule has 1 aliphatic heterocycles. The first kappa shape index (κ1) is 17.7. The fraction of sp³-hybridized carbons (Fsp3) is 0.238. The summed E-state index contributed by atoms with van der Waals surface area (Å²) in [6.45, 7) is 0.880. The van der Waals surface area contributed by atoms with Crippen molar-refractivity contribution >= 4 is 17.5 Å². The summed E-state index contributed by atoms with van der Waals surface area (Å²) in [5.74, 6) is 4.90. The number of piperidine rings is 1. The number of carbonyl (C=O) groups is 2. The predicted molar refractivity (Wildman–Crippen MR) is 98.3 cm³/mol. The van der Waals surface area contributed by atoms with Crippen molar-refractivity contribution in [1.82, 2.24) is 5.32 Å². The van der Waals surface area contributed by atoms with Crippen LogP contribution >= 0.6 is 0 Å². The van der Waals surface area contributed by atoms with Crippen LogP contribution in [0.3, 0.4) is 0 Å². The molecule has 0 unspecified atom stereocenters. The highest BCUT2D eigenvalue weighted by Gasteiger charge is 2.19. The van der Waals surface area contributed by atoms with Gasteiger partial charge in [0.2, 0.25) is 5.91 Å². The third-order valence-electron chi connectivity index (χ3n) is 4.19. The number of rotatable bonds is 3. The molecule has 1 N–H and O–H groups in total. The van der Waals surface area contributed by atoms with Crippen molar-refractivity contribution < 1.29 is 14.0 Å². The molecule has 0 aliphatic carbocycles. The number of hydrogen-bond acceptors (Lipinski definition) is 2. The lowest BCUT2D eigenvalue weighted by atomic mass is 10.1. The molecule has 1 heterocycles. The van der Waals surface area contributed by atoms with Gasteiger partial charge in [-0.25, -0.2) is 4.39 Å². The molecule has 1 saturated heterocycles. The Morgan fingerprint density at radius 1 is 1.12 bits per heavy atom. The Morgan fingerprint density at radius 2 is 1.88 bits per heavy atom. The minimum absolute atomic E-state index is 0.00449. The van der Waals surface area contributed by atoms with Gasteiger partial charge in [0.15, 0.2) is 0 Å². The average molecular weight is 350 g/mol. The molecular formula is C21H19FN2O2. The third-order valence-corrected chi connectivity index (χ3v) is 4.19. The molecule has 0 aromatic heterocycles. The van der Waals surface area contributed by atoms with Crippen molar-refractivity contribution in [3.05, 3.63) is 65.5 Å². The lowest BCUT2D eigenvalue weighted by Gasteiger charge is -2.26. The number of hydrogen-bond donors (Lipinski definition) is 1. The quantitative estimate of drug-likeness (QED) is 0.865. The molecule has 0 radical (unpaired) electrons. The highest BCUT2D eigenvalue weighted by Crippen LogP contribution is 2.21. The Labute approximate surface area is 152 Å². The van der Waals surface area contributed by atoms with Crippen LogP contribution in [0.25, 0.3) is 0 Å². The molecule has 2 aromatic carbocycles. The van der Waals surface area contributed by atoms with E-state index in [0.717, 1.165) is 30.6 Å². The lowest BCUT2D eigenvalue weighted by molar-refractivity contribution is -0.119. The average Bonchev–Trinajstić information content (AvgIpc) is 2.66. The molecule has 2 amide bonds. The normalized spacial score (nSPS) is 13.7. The maximum Gasteiger partial charge on any atom is 0.255 e. The lowest BCUT2D eigenvalue weighted by Crippen LogP contribution is -2.35. The van der Waals surface area contributed by atoms with E-state index in [0.29, 0.717) is 6.42 Å². The predicted octanol–water partition coefficient (Wildman–Crippen LogP) is 3.12. The van der Waals surface area contributed by atoms with E-state index in [1.807, 2.05) is 24.3 Å². The van der Waals surface area contributed by atoms with Crippen LogP contribution in [0.1, 0.15) is 35.2 Å². The Balaban J connectivity index is 1.56. The maximum atomic E-state index is 13.5. The van der Waals surface area contributed by atoms with Crippen LogP contribution in [0.15, 0.2) is 48.5 Å². The van der Waals surface area contributed by atoms with Gasteiger partial charge in [0.1, 0.15) is 5.82 Å². The summed E-state index contributed by atoms with van der Waals surface area (Å²) in [7, 11) is 0. The third kappa shape index (κ3) is 4.28. The summed E-state index contributed by atoms with van der Waals surface area (Å²) in [4.78, 5) is 25.6. The highest BCUT2D eigenvalue weighted by molar-refractivity contribution is 5.94. The van der Waals surface area contributed by atoms with Crippen LogP contribution in [0.5, 0.6) is 0 Å². The molecule has 1 fully saturated rings. The fourth-order valence-electron chi connectivity index (χ4n) is 2.81. The van der Waals surface area contributed by atoms with Crippen molar-refractivity contribution in [1.29, 1.82) is 0 Å². The SMILES string of the molecule is O=C(NCC#Cc1ccc(N2CCCCC2=O)cc1)c1ccccc1F. The number of carbonyl (C=O) groups excluding carboxylic acids is 2. The van der Waals surface area contributed by atoms with Crippen molar-refractivity contribution in [2.24, 2.45) is 0 Å². The summed E-state index contributed by atoms with van der Waals surface area (Å²) in [5, 5.41) is 2.57. The second-order valence-corrected chi connectivity index (χ2v) is 6.01. The van der Waals surface area contributed by atoms with Crippen LogP contribution in [-0.4, -0.2) is 24.9 Å². The smallest absolute Gasteiger partial charge is 0.255 e. The van der Waals surface area contributed by atoms with E-state index in [9.17, 15) is 14.0 Å². The van der Waals surface area contributed by atoms with Crippen LogP contribution in [0.2, 0.25) is 0 Å². The van der Waals surface area contributed by atoms with Gasteiger partial charge in [0.05, 0.1) is 12.1 Å². The molecule has 132 valence electrons. The second-order valence-electron chi connectivity index (χ2n) is 6.01. The Morgan fingerprint density at radius 3 is 2.62 bits per heavy atom. The highest BCUT2D eigenvalue weighted by atomic mass is 19.1. The van der Waals surface area contributed by atoms with Crippen molar-refractivity contribution in [2.45, 2.75) is 19.3 Å². The zero-order valence-corrected chi connectivity index (χ0v) is 14.3. The van der Waals surface area contributed by atoms with Gasteiger partial charge in [-0.3, -0.25) is 9.59 Å². The van der Waals surface area contributed by atoms with E-state index >= 15 is 0 Å². The first-order valence-corrected chi connectivity index (χ1v) is 8.57. The zero-order chi connectivity index (χ0) is 18.4. The molecule has 26 heavy (non-hydrogen) atoms. The van der Waals surface area contributed by atoms with Crippen molar-refractivity contribution in [3.63, 3.8) is 0 Å². The second kappa shape index (κ2) is 8.30. The maximum absolute atomic E-state index is 13.5. The molecular weight excluding hydrogens is 331 g/mol. The van der Waals surface area contributed by atoms with Gasteiger partial charge in [-0.05, 0) is 49.2 Å². The van der Waals surface area contributed by atoms with Gasteiger partial charge in [-0.1, -0.05) is 24.0 Å². The van der Waals surface area contributed by atoms with Crippen LogP contribution in [-0.2, 0) is 4.79 Å². The molecule has 0 spiro atoms. The summed E-state index contributed by atoms with van der Waals surface area (Å²) < 4.78 is 13.5. The van der Waals surface area contributed by atoms with E-state index in [1.165, 1.54) is 18.2 Å². The standard InChI is InChI=1S/C21H19FN2O2/c22-19-8-2-1-7-18(19)21(26)23-14-5-6-16-10-12-17(13-11-16)24-15-4-3-9-20(24)25/h1-2,7-8,10-13H,3-4,9,14-15H2,(H,23,26). The number of benzene rings is 2. The van der Waals surface area contributed by atoms with E-state index in [-0.39, 0.29) is 18.0 Å². The molecule has 2 aromatic rings. The first-order chi connectivity index (χ1) is 12.6. The minimum atomic E-state index is -0.555. The van der Waals surface area contributed by atoms with Crippen molar-refractivity contribution in [2.75, 3.05) is 18.0 Å². The van der Waals surface area contributed by atoms with Gasteiger partial charge < -0.3 is 10.2 Å². The van der Waals surface area contributed by atoms with Gasteiger partial charge in [-0.2, -0.15) is 0 Å². The molecule has 0 saturated carbocycles. The van der Waals surface area contributed by atoms with Gasteiger partial charge in [0, 0.05) is 24.2 Å². The van der Waals surface area contributed by atoms with Crippen LogP contribution in [0.4, 0.5) is 10.1 Å². The molecule has 5 heteroatoms. The van der Waals surface area contributed by atoms with E-state index in [1.54, 1.807) is 11.0 Å². The number of halogens is 1. The van der Waals surface area contributed by atoms with Crippen LogP contribution in [0, 0.1) is 17.7 Å². The van der Waals surface area contributed by atoms with Gasteiger partial charge >= 0.3 is 0 Å². The topological polar surface area (TPSA) is 49.4 Å². The number of amides is 2. The van der Waals surface area contributed by atoms with Gasteiger partial charge in [-0.15, -0.1) is 0 Å². The number of anilines is 1. The Kier molecular flexibility index (Phi) is 5.65. The Hall–Kier alpha value is -3.13. The summed E-state index contributed by atoms with van der Waals surface area (Å²) in [5.41, 5.74) is 1.68. The molecule has 4 nitrogen and oxygen atoms in total. The monoisotopic (exact) mass is 350 g/mol. The molecule has 3 rings (SSSR count). The largest absolute Gasteiger partial charge is 0.341 e. The molecule has 0 atom stereocenters. The summed E-state index contributed by atoms with van der Waals surface area (Å²) in [6, 6.07) is 13.3. The number of nitrogens with zero attached hydrogens (tertiary/aromatic N) is 1. The zero-order valence-electron chi connectivity index (χ0n) is 14.3. The first-order valence-electron chi connectivity index (χ1n) is 8.57. The minimum Gasteiger partial charge on any atom is -0.341 e. The summed E-state index contributed by atoms with van der Waals surface area (Å²) >= 11 is 0. The molecule has 0 bridgehead atoms. The van der Waals surface area contributed by atoms with Crippen LogP contribution < -0.4 is 10.2 Å². The van der Waals surface area contributed by atoms with E-state index in [4.69, 9.17) is 0 Å².